The number of thiazole rings is 1. The number of hydrogen-bond donors (Lipinski definition) is 1. The summed E-state index contributed by atoms with van der Waals surface area (Å²) in [6, 6.07) is 14.9. The molecule has 0 amide bonds. The fourth-order valence-corrected chi connectivity index (χ4v) is 3.78. The molecule has 0 bridgehead atoms. The van der Waals surface area contributed by atoms with E-state index in [1.165, 1.54) is 21.8 Å². The second-order valence-corrected chi connectivity index (χ2v) is 7.02. The van der Waals surface area contributed by atoms with Crippen LogP contribution in [0, 0.1) is 0 Å². The zero-order valence-electron chi connectivity index (χ0n) is 10.6. The van der Waals surface area contributed by atoms with E-state index < -0.39 is 0 Å². The Balaban J connectivity index is 1.80. The predicted octanol–water partition coefficient (Wildman–Crippen LogP) is 4.74. The second kappa shape index (κ2) is 6.50. The molecule has 1 unspecified atom stereocenters. The van der Waals surface area contributed by atoms with Gasteiger partial charge in [-0.3, -0.25) is 5.32 Å². The molecule has 0 saturated carbocycles. The molecule has 2 nitrogen and oxygen atoms in total. The zero-order chi connectivity index (χ0) is 13.8. The van der Waals surface area contributed by atoms with Crippen LogP contribution in [0.5, 0.6) is 0 Å². The van der Waals surface area contributed by atoms with Gasteiger partial charge in [0.25, 0.3) is 0 Å². The normalized spacial score (nSPS) is 12.4. The van der Waals surface area contributed by atoms with Gasteiger partial charge in [-0.05, 0) is 17.0 Å². The van der Waals surface area contributed by atoms with Gasteiger partial charge in [0.2, 0.25) is 0 Å². The number of nitrogens with zero attached hydrogens (tertiary/aromatic N) is 1. The van der Waals surface area contributed by atoms with Gasteiger partial charge < -0.3 is 0 Å². The monoisotopic (exact) mass is 320 g/mol. The Morgan fingerprint density at radius 1 is 1.15 bits per heavy atom. The molecule has 20 heavy (non-hydrogen) atoms. The summed E-state index contributed by atoms with van der Waals surface area (Å²) >= 11 is 9.20. The van der Waals surface area contributed by atoms with Crippen molar-refractivity contribution in [2.24, 2.45) is 0 Å². The van der Waals surface area contributed by atoms with Crippen LogP contribution in [0.15, 0.2) is 54.0 Å². The lowest BCUT2D eigenvalue weighted by Crippen LogP contribution is -2.21. The van der Waals surface area contributed by atoms with E-state index in [1.807, 2.05) is 6.07 Å². The first-order valence-corrected chi connectivity index (χ1v) is 8.32. The van der Waals surface area contributed by atoms with Gasteiger partial charge in [0.15, 0.2) is 0 Å². The third-order valence-electron chi connectivity index (χ3n) is 2.94. The van der Waals surface area contributed by atoms with Crippen molar-refractivity contribution in [3.8, 4) is 0 Å². The third kappa shape index (κ3) is 3.27. The average Bonchev–Trinajstić information content (AvgIpc) is 3.12. The maximum absolute atomic E-state index is 5.92. The van der Waals surface area contributed by atoms with Gasteiger partial charge in [-0.15, -0.1) is 22.7 Å². The topological polar surface area (TPSA) is 24.9 Å². The van der Waals surface area contributed by atoms with Crippen LogP contribution in [0.4, 0.5) is 0 Å². The molecule has 0 saturated heterocycles. The van der Waals surface area contributed by atoms with Crippen LogP contribution in [-0.2, 0) is 6.54 Å². The summed E-state index contributed by atoms with van der Waals surface area (Å²) in [5.74, 6) is 0. The van der Waals surface area contributed by atoms with E-state index in [0.29, 0.717) is 0 Å². The smallest absolute Gasteiger partial charge is 0.113 e. The molecule has 1 atom stereocenters. The Kier molecular flexibility index (Phi) is 4.47. The fourth-order valence-electron chi connectivity index (χ4n) is 2.04. The molecule has 0 aliphatic rings. The zero-order valence-corrected chi connectivity index (χ0v) is 13.0. The number of nitrogens with one attached hydrogen (secondary N) is 1. The van der Waals surface area contributed by atoms with Gasteiger partial charge in [0, 0.05) is 11.4 Å². The first-order chi connectivity index (χ1) is 9.83. The molecule has 5 heteroatoms. The largest absolute Gasteiger partial charge is 0.299 e. The van der Waals surface area contributed by atoms with Crippen LogP contribution in [0.2, 0.25) is 4.34 Å². The molecular formula is C15H13ClN2S2. The lowest BCUT2D eigenvalue weighted by Gasteiger charge is -2.17. The van der Waals surface area contributed by atoms with E-state index in [-0.39, 0.29) is 6.04 Å². The highest BCUT2D eigenvalue weighted by Gasteiger charge is 2.15. The quantitative estimate of drug-likeness (QED) is 0.734. The van der Waals surface area contributed by atoms with E-state index in [4.69, 9.17) is 11.6 Å². The van der Waals surface area contributed by atoms with E-state index in [2.05, 4.69) is 52.1 Å². The molecule has 0 radical (unpaired) electrons. The number of hydrogen-bond acceptors (Lipinski definition) is 4. The van der Waals surface area contributed by atoms with Gasteiger partial charge in [-0.25, -0.2) is 4.98 Å². The van der Waals surface area contributed by atoms with Crippen LogP contribution in [-0.4, -0.2) is 4.98 Å². The van der Waals surface area contributed by atoms with E-state index in [1.54, 1.807) is 17.5 Å². The first kappa shape index (κ1) is 13.8. The van der Waals surface area contributed by atoms with Crippen LogP contribution in [0.1, 0.15) is 21.5 Å². The van der Waals surface area contributed by atoms with Crippen LogP contribution < -0.4 is 5.32 Å². The summed E-state index contributed by atoms with van der Waals surface area (Å²) in [4.78, 5) is 5.59. The SMILES string of the molecule is Clc1cnc(CNC(c2ccccc2)c2cccs2)s1. The highest BCUT2D eigenvalue weighted by atomic mass is 35.5. The lowest BCUT2D eigenvalue weighted by atomic mass is 10.1. The summed E-state index contributed by atoms with van der Waals surface area (Å²) < 4.78 is 0.731. The number of rotatable bonds is 5. The van der Waals surface area contributed by atoms with Crippen molar-refractivity contribution >= 4 is 34.3 Å². The number of thiophene rings is 1. The maximum Gasteiger partial charge on any atom is 0.113 e. The summed E-state index contributed by atoms with van der Waals surface area (Å²) in [5.41, 5.74) is 1.26. The Morgan fingerprint density at radius 2 is 2.00 bits per heavy atom. The molecule has 2 heterocycles. The highest BCUT2D eigenvalue weighted by molar-refractivity contribution is 7.15. The van der Waals surface area contributed by atoms with E-state index in [0.717, 1.165) is 15.9 Å². The summed E-state index contributed by atoms with van der Waals surface area (Å²) in [6.07, 6.45) is 1.70. The minimum Gasteiger partial charge on any atom is -0.299 e. The van der Waals surface area contributed by atoms with Crippen molar-refractivity contribution in [2.75, 3.05) is 0 Å². The third-order valence-corrected chi connectivity index (χ3v) is 5.00. The van der Waals surface area contributed by atoms with Crippen LogP contribution in [0.3, 0.4) is 0 Å². The molecule has 0 aliphatic heterocycles. The van der Waals surface area contributed by atoms with Crippen molar-refractivity contribution in [3.63, 3.8) is 0 Å². The molecule has 0 fully saturated rings. The molecular weight excluding hydrogens is 308 g/mol. The minimum atomic E-state index is 0.193. The Morgan fingerprint density at radius 3 is 2.65 bits per heavy atom. The second-order valence-electron chi connectivity index (χ2n) is 4.30. The average molecular weight is 321 g/mol. The predicted molar refractivity (Wildman–Crippen MR) is 86.6 cm³/mol. The molecule has 2 aromatic heterocycles. The van der Waals surface area contributed by atoms with Gasteiger partial charge >= 0.3 is 0 Å². The number of aromatic nitrogens is 1. The molecule has 0 aliphatic carbocycles. The van der Waals surface area contributed by atoms with Crippen molar-refractivity contribution < 1.29 is 0 Å². The van der Waals surface area contributed by atoms with Crippen molar-refractivity contribution in [2.45, 2.75) is 12.6 Å². The minimum absolute atomic E-state index is 0.193. The van der Waals surface area contributed by atoms with Gasteiger partial charge in [-0.1, -0.05) is 48.0 Å². The van der Waals surface area contributed by atoms with Gasteiger partial charge in [0.05, 0.1) is 12.2 Å². The summed E-state index contributed by atoms with van der Waals surface area (Å²) in [6.45, 7) is 0.717. The van der Waals surface area contributed by atoms with Gasteiger partial charge in [-0.2, -0.15) is 0 Å². The first-order valence-electron chi connectivity index (χ1n) is 6.25. The molecule has 3 aromatic rings. The fraction of sp³-hybridized carbons (Fsp3) is 0.133. The van der Waals surface area contributed by atoms with Crippen LogP contribution in [0.25, 0.3) is 0 Å². The van der Waals surface area contributed by atoms with Crippen molar-refractivity contribution in [1.29, 1.82) is 0 Å². The van der Waals surface area contributed by atoms with E-state index >= 15 is 0 Å². The molecule has 0 spiro atoms. The molecule has 1 aromatic carbocycles. The van der Waals surface area contributed by atoms with Crippen molar-refractivity contribution in [3.05, 3.63) is 73.8 Å². The Hall–Kier alpha value is -1.20. The molecule has 102 valence electrons. The molecule has 1 N–H and O–H groups in total. The van der Waals surface area contributed by atoms with Gasteiger partial charge in [0.1, 0.15) is 9.34 Å². The van der Waals surface area contributed by atoms with E-state index in [9.17, 15) is 0 Å². The van der Waals surface area contributed by atoms with Crippen LogP contribution >= 0.6 is 34.3 Å². The lowest BCUT2D eigenvalue weighted by molar-refractivity contribution is 0.611. The maximum atomic E-state index is 5.92. The standard InChI is InChI=1S/C15H13ClN2S2/c16-13-9-17-14(20-13)10-18-15(12-7-4-8-19-12)11-5-2-1-3-6-11/h1-9,15,18H,10H2. The number of benzene rings is 1. The Bertz CT molecular complexity index is 650. The highest BCUT2D eigenvalue weighted by Crippen LogP contribution is 2.27. The summed E-state index contributed by atoms with van der Waals surface area (Å²) in [5, 5.41) is 6.68. The summed E-state index contributed by atoms with van der Waals surface area (Å²) in [7, 11) is 0. The molecule has 3 rings (SSSR count). The Labute approximate surface area is 131 Å². The number of halogens is 1. The van der Waals surface area contributed by atoms with Crippen molar-refractivity contribution in [1.82, 2.24) is 10.3 Å².